The van der Waals surface area contributed by atoms with Crippen molar-refractivity contribution in [3.05, 3.63) is 62.3 Å². The van der Waals surface area contributed by atoms with Crippen molar-refractivity contribution in [1.82, 2.24) is 5.32 Å². The van der Waals surface area contributed by atoms with E-state index in [9.17, 15) is 14.7 Å². The van der Waals surface area contributed by atoms with Crippen molar-refractivity contribution in [1.29, 1.82) is 0 Å². The summed E-state index contributed by atoms with van der Waals surface area (Å²) >= 11 is 1.69. The van der Waals surface area contributed by atoms with E-state index in [0.29, 0.717) is 12.8 Å². The molecule has 1 heterocycles. The third-order valence-electron chi connectivity index (χ3n) is 7.02. The van der Waals surface area contributed by atoms with Gasteiger partial charge in [0.15, 0.2) is 0 Å². The molecule has 170 valence electrons. The molecule has 2 aromatic rings. The first-order valence-corrected chi connectivity index (χ1v) is 12.6. The van der Waals surface area contributed by atoms with E-state index in [1.165, 1.54) is 47.3 Å². The van der Waals surface area contributed by atoms with Crippen LogP contribution in [0, 0.1) is 19.8 Å². The number of aliphatic carboxylic acids is 1. The first kappa shape index (κ1) is 22.8. The minimum atomic E-state index is -0.716. The average molecular weight is 452 g/mol. The number of carboxylic acids is 1. The Bertz CT molecular complexity index is 1010. The second-order valence-corrected chi connectivity index (χ2v) is 10.7. The van der Waals surface area contributed by atoms with Crippen LogP contribution in [0.5, 0.6) is 0 Å². The van der Waals surface area contributed by atoms with Crippen molar-refractivity contribution in [2.24, 2.45) is 5.92 Å². The monoisotopic (exact) mass is 451 g/mol. The van der Waals surface area contributed by atoms with Gasteiger partial charge in [-0.1, -0.05) is 30.3 Å². The minimum Gasteiger partial charge on any atom is -0.481 e. The van der Waals surface area contributed by atoms with E-state index in [-0.39, 0.29) is 17.9 Å². The number of aryl methyl sites for hydroxylation is 2. The fourth-order valence-electron chi connectivity index (χ4n) is 5.12. The van der Waals surface area contributed by atoms with Gasteiger partial charge in [0.25, 0.3) is 5.91 Å². The number of allylic oxidation sites excluding steroid dienone is 2. The Balaban J connectivity index is 1.46. The summed E-state index contributed by atoms with van der Waals surface area (Å²) in [6.07, 6.45) is 10.8. The predicted octanol–water partition coefficient (Wildman–Crippen LogP) is 6.29. The highest BCUT2D eigenvalue weighted by atomic mass is 32.1. The van der Waals surface area contributed by atoms with Gasteiger partial charge in [0.2, 0.25) is 0 Å². The predicted molar refractivity (Wildman–Crippen MR) is 130 cm³/mol. The van der Waals surface area contributed by atoms with Crippen molar-refractivity contribution >= 4 is 28.8 Å². The second-order valence-electron chi connectivity index (χ2n) is 9.28. The molecule has 1 saturated carbocycles. The maximum atomic E-state index is 13.2. The lowest BCUT2D eigenvalue weighted by Gasteiger charge is -2.27. The zero-order valence-electron chi connectivity index (χ0n) is 19.1. The zero-order valence-corrected chi connectivity index (χ0v) is 19.9. The zero-order chi connectivity index (χ0) is 22.7. The van der Waals surface area contributed by atoms with Gasteiger partial charge in [0.1, 0.15) is 0 Å². The van der Waals surface area contributed by atoms with Crippen molar-refractivity contribution in [2.75, 3.05) is 0 Å². The summed E-state index contributed by atoms with van der Waals surface area (Å²) in [7, 11) is 0. The van der Waals surface area contributed by atoms with Crippen LogP contribution in [0.3, 0.4) is 0 Å². The van der Waals surface area contributed by atoms with Gasteiger partial charge >= 0.3 is 5.97 Å². The quantitative estimate of drug-likeness (QED) is 0.543. The molecular formula is C27H33NO3S. The van der Waals surface area contributed by atoms with Gasteiger partial charge in [-0.25, -0.2) is 0 Å². The number of carboxylic acid groups (broad SMARTS) is 1. The number of carbonyl (C=O) groups is 2. The molecule has 2 aliphatic rings. The molecule has 2 aliphatic carbocycles. The number of benzene rings is 1. The Morgan fingerprint density at radius 2 is 1.75 bits per heavy atom. The fourth-order valence-corrected chi connectivity index (χ4v) is 6.20. The highest BCUT2D eigenvalue weighted by Gasteiger charge is 2.28. The largest absolute Gasteiger partial charge is 0.481 e. The molecule has 0 radical (unpaired) electrons. The van der Waals surface area contributed by atoms with Gasteiger partial charge in [-0.3, -0.25) is 9.59 Å². The van der Waals surface area contributed by atoms with Crippen LogP contribution in [0.15, 0.2) is 30.3 Å². The Labute approximate surface area is 194 Å². The minimum absolute atomic E-state index is 0.00962. The molecule has 0 aliphatic heterocycles. The van der Waals surface area contributed by atoms with Gasteiger partial charge in [-0.2, -0.15) is 0 Å². The van der Waals surface area contributed by atoms with Crippen LogP contribution in [-0.2, 0) is 11.2 Å². The summed E-state index contributed by atoms with van der Waals surface area (Å²) in [6, 6.07) is 8.91. The lowest BCUT2D eigenvalue weighted by molar-refractivity contribution is -0.142. The summed E-state index contributed by atoms with van der Waals surface area (Å²) < 4.78 is 0. The standard InChI is InChI=1S/C27H33NO3S/c1-17-24(16-19-8-10-21(11-9-19)20-6-4-3-5-7-20)25(18(2)32-17)26(29)28-23-14-12-22(13-15-23)27(30)31/h6,8-11,22-23H,3-5,7,12-16H2,1-2H3,(H,28,29)(H,30,31). The molecule has 4 rings (SSSR count). The summed E-state index contributed by atoms with van der Waals surface area (Å²) in [5.74, 6) is -0.993. The lowest BCUT2D eigenvalue weighted by Crippen LogP contribution is -2.39. The van der Waals surface area contributed by atoms with E-state index in [0.717, 1.165) is 35.3 Å². The maximum absolute atomic E-state index is 13.2. The van der Waals surface area contributed by atoms with Gasteiger partial charge in [0, 0.05) is 15.8 Å². The number of nitrogens with one attached hydrogen (secondary N) is 1. The molecule has 0 unspecified atom stereocenters. The molecular weight excluding hydrogens is 418 g/mol. The molecule has 1 amide bonds. The molecule has 1 aromatic heterocycles. The fraction of sp³-hybridized carbons (Fsp3) is 0.481. The number of hydrogen-bond acceptors (Lipinski definition) is 3. The number of rotatable bonds is 6. The van der Waals surface area contributed by atoms with Gasteiger partial charge < -0.3 is 10.4 Å². The maximum Gasteiger partial charge on any atom is 0.306 e. The third kappa shape index (κ3) is 5.15. The number of carbonyl (C=O) groups excluding carboxylic acids is 1. The van der Waals surface area contributed by atoms with Crippen molar-refractivity contribution in [3.8, 4) is 0 Å². The average Bonchev–Trinajstić information content (AvgIpc) is 3.08. The Morgan fingerprint density at radius 3 is 2.38 bits per heavy atom. The molecule has 4 nitrogen and oxygen atoms in total. The number of amides is 1. The Kier molecular flexibility index (Phi) is 7.14. The van der Waals surface area contributed by atoms with E-state index in [1.807, 2.05) is 6.92 Å². The highest BCUT2D eigenvalue weighted by Crippen LogP contribution is 2.32. The summed E-state index contributed by atoms with van der Waals surface area (Å²) in [5, 5.41) is 12.4. The van der Waals surface area contributed by atoms with E-state index in [1.54, 1.807) is 11.3 Å². The number of hydrogen-bond donors (Lipinski definition) is 2. The molecule has 5 heteroatoms. The van der Waals surface area contributed by atoms with Gasteiger partial charge in [-0.05, 0) is 93.9 Å². The molecule has 0 bridgehead atoms. The second kappa shape index (κ2) is 10.0. The summed E-state index contributed by atoms with van der Waals surface area (Å²) in [4.78, 5) is 26.6. The molecule has 0 saturated heterocycles. The molecule has 1 fully saturated rings. The van der Waals surface area contributed by atoms with E-state index >= 15 is 0 Å². The molecule has 32 heavy (non-hydrogen) atoms. The topological polar surface area (TPSA) is 66.4 Å². The van der Waals surface area contributed by atoms with Gasteiger partial charge in [0.05, 0.1) is 11.5 Å². The van der Waals surface area contributed by atoms with Crippen molar-refractivity contribution in [2.45, 2.75) is 77.7 Å². The molecule has 0 atom stereocenters. The first-order valence-electron chi connectivity index (χ1n) is 11.8. The van der Waals surface area contributed by atoms with Crippen LogP contribution < -0.4 is 5.32 Å². The summed E-state index contributed by atoms with van der Waals surface area (Å²) in [6.45, 7) is 4.12. The van der Waals surface area contributed by atoms with Crippen molar-refractivity contribution in [3.63, 3.8) is 0 Å². The Morgan fingerprint density at radius 1 is 1.03 bits per heavy atom. The SMILES string of the molecule is Cc1sc(C)c(C(=O)NC2CCC(C(=O)O)CC2)c1Cc1ccc(C2=CCCCC2)cc1. The van der Waals surface area contributed by atoms with Crippen molar-refractivity contribution < 1.29 is 14.7 Å². The normalized spacial score (nSPS) is 21.1. The van der Waals surface area contributed by atoms with Crippen LogP contribution in [0.4, 0.5) is 0 Å². The van der Waals surface area contributed by atoms with Crippen LogP contribution in [0.1, 0.15) is 88.2 Å². The number of thiophene rings is 1. The van der Waals surface area contributed by atoms with Gasteiger partial charge in [-0.15, -0.1) is 11.3 Å². The molecule has 1 aromatic carbocycles. The molecule has 2 N–H and O–H groups in total. The van der Waals surface area contributed by atoms with E-state index in [4.69, 9.17) is 0 Å². The Hall–Kier alpha value is -2.40. The summed E-state index contributed by atoms with van der Waals surface area (Å²) in [5.41, 5.74) is 5.94. The van der Waals surface area contributed by atoms with Crippen LogP contribution >= 0.6 is 11.3 Å². The van der Waals surface area contributed by atoms with Crippen LogP contribution in [0.25, 0.3) is 5.57 Å². The highest BCUT2D eigenvalue weighted by molar-refractivity contribution is 7.12. The third-order valence-corrected chi connectivity index (χ3v) is 8.08. The smallest absolute Gasteiger partial charge is 0.306 e. The van der Waals surface area contributed by atoms with E-state index < -0.39 is 5.97 Å². The lowest BCUT2D eigenvalue weighted by atomic mass is 9.86. The van der Waals surface area contributed by atoms with Crippen LogP contribution in [0.2, 0.25) is 0 Å². The first-order chi connectivity index (χ1) is 15.4. The van der Waals surface area contributed by atoms with E-state index in [2.05, 4.69) is 42.6 Å². The molecule has 0 spiro atoms. The van der Waals surface area contributed by atoms with Crippen LogP contribution in [-0.4, -0.2) is 23.0 Å².